The Balaban J connectivity index is 1.37. The number of amides is 1. The van der Waals surface area contributed by atoms with Crippen LogP contribution in [-0.4, -0.2) is 68.9 Å². The van der Waals surface area contributed by atoms with Crippen LogP contribution in [0.5, 0.6) is 0 Å². The van der Waals surface area contributed by atoms with Crippen LogP contribution in [0.2, 0.25) is 0 Å². The fourth-order valence-electron chi connectivity index (χ4n) is 3.60. The zero-order chi connectivity index (χ0) is 20.8. The lowest BCUT2D eigenvalue weighted by molar-refractivity contribution is -0.132. The molecule has 1 aliphatic rings. The second-order valence-corrected chi connectivity index (χ2v) is 9.23. The van der Waals surface area contributed by atoms with Crippen molar-refractivity contribution >= 4 is 29.0 Å². The first-order valence-electron chi connectivity index (χ1n) is 10.4. The van der Waals surface area contributed by atoms with Gasteiger partial charge in [0, 0.05) is 44.0 Å². The van der Waals surface area contributed by atoms with Crippen molar-refractivity contribution in [3.05, 3.63) is 47.8 Å². The van der Waals surface area contributed by atoms with E-state index in [1.54, 1.807) is 23.1 Å². The lowest BCUT2D eigenvalue weighted by Gasteiger charge is -2.34. The van der Waals surface area contributed by atoms with Crippen LogP contribution >= 0.6 is 23.1 Å². The highest BCUT2D eigenvalue weighted by Crippen LogP contribution is 2.30. The minimum absolute atomic E-state index is 0.273. The average molecular weight is 442 g/mol. The molecular weight excluding hydrogens is 414 g/mol. The van der Waals surface area contributed by atoms with E-state index in [-0.39, 0.29) is 5.91 Å². The summed E-state index contributed by atoms with van der Waals surface area (Å²) < 4.78 is 2.11. The molecule has 4 rings (SSSR count). The molecule has 1 aliphatic heterocycles. The van der Waals surface area contributed by atoms with Crippen LogP contribution in [0.15, 0.2) is 53.0 Å². The van der Waals surface area contributed by atoms with Gasteiger partial charge in [-0.3, -0.25) is 9.36 Å². The summed E-state index contributed by atoms with van der Waals surface area (Å²) in [6.07, 6.45) is 1.43. The van der Waals surface area contributed by atoms with Gasteiger partial charge in [0.05, 0.1) is 4.88 Å². The molecule has 1 fully saturated rings. The van der Waals surface area contributed by atoms with E-state index in [0.29, 0.717) is 6.42 Å². The quantitative estimate of drug-likeness (QED) is 0.390. The van der Waals surface area contributed by atoms with Gasteiger partial charge in [-0.05, 0) is 36.5 Å². The molecule has 3 heterocycles. The van der Waals surface area contributed by atoms with Crippen molar-refractivity contribution in [2.24, 2.45) is 0 Å². The molecular formula is C22H27N5OS2. The van der Waals surface area contributed by atoms with Crippen LogP contribution in [0.4, 0.5) is 0 Å². The SMILES string of the molecule is CCN1CCN(C(=O)CCCSc2nnc(-c3cccs3)n2-c2ccccc2)CC1. The molecule has 1 aromatic carbocycles. The molecule has 0 saturated carbocycles. The summed E-state index contributed by atoms with van der Waals surface area (Å²) in [5.41, 5.74) is 1.05. The predicted molar refractivity (Wildman–Crippen MR) is 123 cm³/mol. The van der Waals surface area contributed by atoms with Crippen LogP contribution in [0.1, 0.15) is 19.8 Å². The molecule has 0 spiro atoms. The summed E-state index contributed by atoms with van der Waals surface area (Å²) in [5.74, 6) is 1.98. The molecule has 0 bridgehead atoms. The monoisotopic (exact) mass is 441 g/mol. The number of aromatic nitrogens is 3. The third-order valence-corrected chi connectivity index (χ3v) is 7.21. The highest BCUT2D eigenvalue weighted by Gasteiger charge is 2.20. The number of rotatable bonds is 8. The zero-order valence-electron chi connectivity index (χ0n) is 17.2. The van der Waals surface area contributed by atoms with Gasteiger partial charge in [-0.25, -0.2) is 0 Å². The summed E-state index contributed by atoms with van der Waals surface area (Å²) in [6.45, 7) is 6.92. The Kier molecular flexibility index (Phi) is 7.20. The van der Waals surface area contributed by atoms with Crippen molar-refractivity contribution in [3.63, 3.8) is 0 Å². The van der Waals surface area contributed by atoms with E-state index < -0.39 is 0 Å². The molecule has 0 atom stereocenters. The normalized spacial score (nSPS) is 14.9. The molecule has 1 saturated heterocycles. The first kappa shape index (κ1) is 21.1. The number of carbonyl (C=O) groups is 1. The first-order chi connectivity index (χ1) is 14.8. The van der Waals surface area contributed by atoms with E-state index in [1.165, 1.54) is 0 Å². The summed E-state index contributed by atoms with van der Waals surface area (Å²) in [7, 11) is 0. The minimum atomic E-state index is 0.273. The number of hydrogen-bond acceptors (Lipinski definition) is 6. The maximum Gasteiger partial charge on any atom is 0.222 e. The van der Waals surface area contributed by atoms with Crippen molar-refractivity contribution in [3.8, 4) is 16.4 Å². The smallest absolute Gasteiger partial charge is 0.222 e. The van der Waals surface area contributed by atoms with Crippen molar-refractivity contribution in [2.45, 2.75) is 24.9 Å². The molecule has 0 aliphatic carbocycles. The summed E-state index contributed by atoms with van der Waals surface area (Å²) >= 11 is 3.33. The second kappa shape index (κ2) is 10.2. The number of hydrogen-bond donors (Lipinski definition) is 0. The van der Waals surface area contributed by atoms with E-state index in [2.05, 4.69) is 50.2 Å². The lowest BCUT2D eigenvalue weighted by atomic mass is 10.2. The second-order valence-electron chi connectivity index (χ2n) is 7.22. The lowest BCUT2D eigenvalue weighted by Crippen LogP contribution is -2.48. The summed E-state index contributed by atoms with van der Waals surface area (Å²) in [6, 6.07) is 14.3. The van der Waals surface area contributed by atoms with Crippen LogP contribution in [0.3, 0.4) is 0 Å². The van der Waals surface area contributed by atoms with Gasteiger partial charge >= 0.3 is 0 Å². The Morgan fingerprint density at radius 1 is 1.07 bits per heavy atom. The highest BCUT2D eigenvalue weighted by molar-refractivity contribution is 7.99. The number of benzene rings is 1. The van der Waals surface area contributed by atoms with Crippen molar-refractivity contribution < 1.29 is 4.79 Å². The van der Waals surface area contributed by atoms with Gasteiger partial charge in [-0.1, -0.05) is 43.0 Å². The van der Waals surface area contributed by atoms with Crippen molar-refractivity contribution in [1.82, 2.24) is 24.6 Å². The fraction of sp³-hybridized carbons (Fsp3) is 0.409. The first-order valence-corrected chi connectivity index (χ1v) is 12.3. The van der Waals surface area contributed by atoms with Crippen LogP contribution in [-0.2, 0) is 4.79 Å². The Labute approximate surface area is 185 Å². The number of thioether (sulfide) groups is 1. The van der Waals surface area contributed by atoms with Crippen molar-refractivity contribution in [2.75, 3.05) is 38.5 Å². The molecule has 6 nitrogen and oxygen atoms in total. The van der Waals surface area contributed by atoms with E-state index in [4.69, 9.17) is 0 Å². The van der Waals surface area contributed by atoms with Gasteiger partial charge in [-0.2, -0.15) is 0 Å². The Morgan fingerprint density at radius 2 is 1.87 bits per heavy atom. The van der Waals surface area contributed by atoms with E-state index >= 15 is 0 Å². The Hall–Kier alpha value is -2.16. The summed E-state index contributed by atoms with van der Waals surface area (Å²) in [4.78, 5) is 18.0. The van der Waals surface area contributed by atoms with Crippen LogP contribution in [0.25, 0.3) is 16.4 Å². The number of nitrogens with zero attached hydrogens (tertiary/aromatic N) is 5. The number of likely N-dealkylation sites (N-methyl/N-ethyl adjacent to an activating group) is 1. The molecule has 1 amide bonds. The van der Waals surface area contributed by atoms with Crippen LogP contribution < -0.4 is 0 Å². The zero-order valence-corrected chi connectivity index (χ0v) is 18.9. The minimum Gasteiger partial charge on any atom is -0.340 e. The molecule has 30 heavy (non-hydrogen) atoms. The Morgan fingerprint density at radius 3 is 2.57 bits per heavy atom. The van der Waals surface area contributed by atoms with Gasteiger partial charge in [0.2, 0.25) is 5.91 Å². The number of carbonyl (C=O) groups excluding carboxylic acids is 1. The van der Waals surface area contributed by atoms with Gasteiger partial charge in [0.15, 0.2) is 11.0 Å². The fourth-order valence-corrected chi connectivity index (χ4v) is 5.19. The molecule has 0 unspecified atom stereocenters. The molecule has 2 aromatic heterocycles. The molecule has 3 aromatic rings. The molecule has 8 heteroatoms. The largest absolute Gasteiger partial charge is 0.340 e. The Bertz CT molecular complexity index is 934. The maximum absolute atomic E-state index is 12.5. The van der Waals surface area contributed by atoms with Gasteiger partial charge in [0.25, 0.3) is 0 Å². The average Bonchev–Trinajstić information content (AvgIpc) is 3.47. The van der Waals surface area contributed by atoms with E-state index in [0.717, 1.165) is 66.4 Å². The number of thiophene rings is 1. The van der Waals surface area contributed by atoms with Gasteiger partial charge < -0.3 is 9.80 Å². The molecule has 0 radical (unpaired) electrons. The van der Waals surface area contributed by atoms with E-state index in [1.807, 2.05) is 29.2 Å². The standard InChI is InChI=1S/C22H27N5OS2/c1-2-25-12-14-26(15-13-25)20(28)11-7-17-30-22-24-23-21(19-10-6-16-29-19)27(22)18-8-4-3-5-9-18/h3-6,8-10,16H,2,7,11-15,17H2,1H3. The van der Waals surface area contributed by atoms with Gasteiger partial charge in [-0.15, -0.1) is 21.5 Å². The van der Waals surface area contributed by atoms with Crippen LogP contribution in [0, 0.1) is 0 Å². The predicted octanol–water partition coefficient (Wildman–Crippen LogP) is 4.03. The molecule has 158 valence electrons. The van der Waals surface area contributed by atoms with E-state index in [9.17, 15) is 4.79 Å². The highest BCUT2D eigenvalue weighted by atomic mass is 32.2. The van der Waals surface area contributed by atoms with Crippen molar-refractivity contribution in [1.29, 1.82) is 0 Å². The molecule has 0 N–H and O–H groups in total. The van der Waals surface area contributed by atoms with Gasteiger partial charge in [0.1, 0.15) is 0 Å². The maximum atomic E-state index is 12.5. The third-order valence-electron chi connectivity index (χ3n) is 5.33. The number of piperazine rings is 1. The third kappa shape index (κ3) is 4.94. The summed E-state index contributed by atoms with van der Waals surface area (Å²) in [5, 5.41) is 11.8. The topological polar surface area (TPSA) is 54.3 Å². The number of para-hydroxylation sites is 1.